The van der Waals surface area contributed by atoms with Gasteiger partial charge in [-0.05, 0) is 56.3 Å². The number of halogens is 1. The molecule has 0 saturated heterocycles. The van der Waals surface area contributed by atoms with Crippen LogP contribution in [-0.4, -0.2) is 24.6 Å². The third-order valence-corrected chi connectivity index (χ3v) is 4.58. The predicted octanol–water partition coefficient (Wildman–Crippen LogP) is 4.74. The molecule has 0 atom stereocenters. The SMILES string of the molecule is Cc1ccc(NC(=O)COc2ccc(Cl)cc2/C=N/NC(=O)c2ccc(C)cc2)cc1. The molecule has 0 aliphatic carbocycles. The maximum atomic E-state index is 12.2. The molecule has 0 heterocycles. The maximum absolute atomic E-state index is 12.2. The lowest BCUT2D eigenvalue weighted by atomic mass is 10.1. The number of hydrazone groups is 1. The fraction of sp³-hybridized carbons (Fsp3) is 0.125. The van der Waals surface area contributed by atoms with Crippen LogP contribution in [0.25, 0.3) is 0 Å². The first-order chi connectivity index (χ1) is 14.9. The Labute approximate surface area is 185 Å². The van der Waals surface area contributed by atoms with Gasteiger partial charge in [0, 0.05) is 21.8 Å². The molecule has 2 amide bonds. The molecule has 0 aliphatic rings. The van der Waals surface area contributed by atoms with Gasteiger partial charge in [0.25, 0.3) is 11.8 Å². The fourth-order valence-corrected chi connectivity index (χ4v) is 2.84. The van der Waals surface area contributed by atoms with Crippen molar-refractivity contribution >= 4 is 35.3 Å². The Morgan fingerprint density at radius 2 is 1.61 bits per heavy atom. The van der Waals surface area contributed by atoms with Gasteiger partial charge in [-0.2, -0.15) is 5.10 Å². The van der Waals surface area contributed by atoms with E-state index in [2.05, 4.69) is 15.8 Å². The average Bonchev–Trinajstić information content (AvgIpc) is 2.75. The van der Waals surface area contributed by atoms with E-state index < -0.39 is 0 Å². The molecule has 3 aromatic rings. The summed E-state index contributed by atoms with van der Waals surface area (Å²) >= 11 is 6.07. The lowest BCUT2D eigenvalue weighted by Gasteiger charge is -2.10. The highest BCUT2D eigenvalue weighted by Gasteiger charge is 2.08. The van der Waals surface area contributed by atoms with Crippen LogP contribution in [0.5, 0.6) is 5.75 Å². The second-order valence-corrected chi connectivity index (χ2v) is 7.39. The number of carbonyl (C=O) groups excluding carboxylic acids is 2. The first-order valence-electron chi connectivity index (χ1n) is 9.59. The molecule has 3 aromatic carbocycles. The van der Waals surface area contributed by atoms with Gasteiger partial charge in [-0.3, -0.25) is 9.59 Å². The number of aryl methyl sites for hydroxylation is 2. The number of benzene rings is 3. The molecule has 0 radical (unpaired) electrons. The number of carbonyl (C=O) groups is 2. The lowest BCUT2D eigenvalue weighted by Crippen LogP contribution is -2.20. The number of ether oxygens (including phenoxy) is 1. The monoisotopic (exact) mass is 435 g/mol. The summed E-state index contributed by atoms with van der Waals surface area (Å²) in [6.07, 6.45) is 1.42. The van der Waals surface area contributed by atoms with Crippen LogP contribution in [0.15, 0.2) is 71.8 Å². The zero-order chi connectivity index (χ0) is 22.2. The number of hydrogen-bond acceptors (Lipinski definition) is 4. The van der Waals surface area contributed by atoms with Gasteiger partial charge in [-0.1, -0.05) is 47.0 Å². The summed E-state index contributed by atoms with van der Waals surface area (Å²) in [6.45, 7) is 3.73. The Bertz CT molecular complexity index is 1090. The Balaban J connectivity index is 1.61. The quantitative estimate of drug-likeness (QED) is 0.415. The fourth-order valence-electron chi connectivity index (χ4n) is 2.66. The van der Waals surface area contributed by atoms with Crippen LogP contribution in [0, 0.1) is 13.8 Å². The van der Waals surface area contributed by atoms with Crippen LogP contribution in [0.3, 0.4) is 0 Å². The van der Waals surface area contributed by atoms with Crippen molar-refractivity contribution < 1.29 is 14.3 Å². The molecule has 0 aromatic heterocycles. The van der Waals surface area contributed by atoms with Crippen LogP contribution in [-0.2, 0) is 4.79 Å². The number of rotatable bonds is 7. The van der Waals surface area contributed by atoms with Gasteiger partial charge < -0.3 is 10.1 Å². The first-order valence-corrected chi connectivity index (χ1v) is 9.97. The molecular weight excluding hydrogens is 414 g/mol. The second kappa shape index (κ2) is 10.4. The molecule has 2 N–H and O–H groups in total. The molecule has 0 aliphatic heterocycles. The van der Waals surface area contributed by atoms with E-state index >= 15 is 0 Å². The van der Waals surface area contributed by atoms with Crippen molar-refractivity contribution in [3.63, 3.8) is 0 Å². The third-order valence-electron chi connectivity index (χ3n) is 4.35. The zero-order valence-electron chi connectivity index (χ0n) is 17.2. The standard InChI is InChI=1S/C24H22ClN3O3/c1-16-3-7-18(8-4-16)24(30)28-26-14-19-13-20(25)9-12-22(19)31-15-23(29)27-21-10-5-17(2)6-11-21/h3-14H,15H2,1-2H3,(H,27,29)(H,28,30)/b26-14+. The molecule has 0 saturated carbocycles. The number of nitrogens with zero attached hydrogens (tertiary/aromatic N) is 1. The Hall–Kier alpha value is -3.64. The van der Waals surface area contributed by atoms with E-state index in [9.17, 15) is 9.59 Å². The largest absolute Gasteiger partial charge is 0.483 e. The first kappa shape index (κ1) is 22.1. The van der Waals surface area contributed by atoms with Crippen LogP contribution in [0.1, 0.15) is 27.0 Å². The van der Waals surface area contributed by atoms with E-state index in [1.54, 1.807) is 30.3 Å². The molecular formula is C24H22ClN3O3. The molecule has 0 spiro atoms. The molecule has 3 rings (SSSR count). The van der Waals surface area contributed by atoms with Gasteiger partial charge in [0.15, 0.2) is 6.61 Å². The normalized spacial score (nSPS) is 10.7. The number of anilines is 1. The minimum atomic E-state index is -0.335. The van der Waals surface area contributed by atoms with Gasteiger partial charge in [0.1, 0.15) is 5.75 Å². The summed E-state index contributed by atoms with van der Waals surface area (Å²) in [5.41, 5.74) is 6.35. The second-order valence-electron chi connectivity index (χ2n) is 6.95. The van der Waals surface area contributed by atoms with Gasteiger partial charge in [-0.15, -0.1) is 0 Å². The number of nitrogens with one attached hydrogen (secondary N) is 2. The van der Waals surface area contributed by atoms with E-state index in [1.807, 2.05) is 50.2 Å². The average molecular weight is 436 g/mol. The molecule has 158 valence electrons. The van der Waals surface area contributed by atoms with Crippen LogP contribution in [0.4, 0.5) is 5.69 Å². The van der Waals surface area contributed by atoms with E-state index in [0.717, 1.165) is 11.1 Å². The summed E-state index contributed by atoms with van der Waals surface area (Å²) in [4.78, 5) is 24.4. The molecule has 0 unspecified atom stereocenters. The summed E-state index contributed by atoms with van der Waals surface area (Å²) < 4.78 is 5.63. The van der Waals surface area contributed by atoms with Gasteiger partial charge in [-0.25, -0.2) is 5.43 Å². The third kappa shape index (κ3) is 6.69. The molecule has 6 nitrogen and oxygen atoms in total. The molecule has 0 fully saturated rings. The van der Waals surface area contributed by atoms with Crippen molar-refractivity contribution in [2.45, 2.75) is 13.8 Å². The van der Waals surface area contributed by atoms with Gasteiger partial charge in [0.05, 0.1) is 6.21 Å². The summed E-state index contributed by atoms with van der Waals surface area (Å²) in [5, 5.41) is 7.23. The van der Waals surface area contributed by atoms with Crippen LogP contribution < -0.4 is 15.5 Å². The minimum absolute atomic E-state index is 0.188. The van der Waals surface area contributed by atoms with Crippen molar-refractivity contribution in [1.82, 2.24) is 5.43 Å². The molecule has 31 heavy (non-hydrogen) atoms. The highest BCUT2D eigenvalue weighted by molar-refractivity contribution is 6.30. The smallest absolute Gasteiger partial charge is 0.271 e. The number of amides is 2. The summed E-state index contributed by atoms with van der Waals surface area (Å²) in [5.74, 6) is -0.218. The van der Waals surface area contributed by atoms with Gasteiger partial charge >= 0.3 is 0 Å². The van der Waals surface area contributed by atoms with E-state index in [4.69, 9.17) is 16.3 Å². The van der Waals surface area contributed by atoms with E-state index in [1.165, 1.54) is 6.21 Å². The van der Waals surface area contributed by atoms with Crippen molar-refractivity contribution in [2.24, 2.45) is 5.10 Å². The highest BCUT2D eigenvalue weighted by atomic mass is 35.5. The Morgan fingerprint density at radius 3 is 2.29 bits per heavy atom. The molecule has 7 heteroatoms. The zero-order valence-corrected chi connectivity index (χ0v) is 17.9. The van der Waals surface area contributed by atoms with Crippen molar-refractivity contribution in [1.29, 1.82) is 0 Å². The van der Waals surface area contributed by atoms with Crippen molar-refractivity contribution in [3.8, 4) is 5.75 Å². The van der Waals surface area contributed by atoms with Gasteiger partial charge in [0.2, 0.25) is 0 Å². The van der Waals surface area contributed by atoms with Crippen molar-refractivity contribution in [2.75, 3.05) is 11.9 Å². The number of hydrogen-bond donors (Lipinski definition) is 2. The summed E-state index contributed by atoms with van der Waals surface area (Å²) in [6, 6.07) is 19.5. The predicted molar refractivity (Wildman–Crippen MR) is 123 cm³/mol. The Kier molecular flexibility index (Phi) is 7.40. The summed E-state index contributed by atoms with van der Waals surface area (Å²) in [7, 11) is 0. The highest BCUT2D eigenvalue weighted by Crippen LogP contribution is 2.21. The topological polar surface area (TPSA) is 79.8 Å². The van der Waals surface area contributed by atoms with Crippen LogP contribution in [0.2, 0.25) is 5.02 Å². The minimum Gasteiger partial charge on any atom is -0.483 e. The Morgan fingerprint density at radius 1 is 0.968 bits per heavy atom. The molecule has 0 bridgehead atoms. The maximum Gasteiger partial charge on any atom is 0.271 e. The van der Waals surface area contributed by atoms with E-state index in [0.29, 0.717) is 27.6 Å². The van der Waals surface area contributed by atoms with E-state index in [-0.39, 0.29) is 18.4 Å². The lowest BCUT2D eigenvalue weighted by molar-refractivity contribution is -0.118. The van der Waals surface area contributed by atoms with Crippen LogP contribution >= 0.6 is 11.6 Å². The van der Waals surface area contributed by atoms with Crippen molar-refractivity contribution in [3.05, 3.63) is 94.0 Å².